The second-order valence-electron chi connectivity index (χ2n) is 5.84. The number of carboxylic acids is 1. The molecule has 0 aliphatic carbocycles. The van der Waals surface area contributed by atoms with Crippen LogP contribution in [0.4, 0.5) is 11.4 Å². The van der Waals surface area contributed by atoms with E-state index in [0.29, 0.717) is 16.6 Å². The molecule has 0 bridgehead atoms. The number of carbonyl (C=O) groups is 3. The maximum atomic E-state index is 12.2. The summed E-state index contributed by atoms with van der Waals surface area (Å²) in [7, 11) is 0. The van der Waals surface area contributed by atoms with Crippen LogP contribution in [0.25, 0.3) is 0 Å². The predicted molar refractivity (Wildman–Crippen MR) is 104 cm³/mol. The SMILES string of the molecule is O=C(O)CCCC(=O)Nc1ccc([Se]CC(=O)c2ccc([N+](=O)[O-])cc2)cc1. The third-order valence-corrected chi connectivity index (χ3v) is 5.83. The zero-order valence-electron chi connectivity index (χ0n) is 14.8. The monoisotopic (exact) mass is 450 g/mol. The Morgan fingerprint density at radius 3 is 2.21 bits per heavy atom. The molecule has 8 nitrogen and oxygen atoms in total. The minimum absolute atomic E-state index is 0.0440. The molecule has 0 radical (unpaired) electrons. The van der Waals surface area contributed by atoms with E-state index in [9.17, 15) is 24.5 Å². The Kier molecular flexibility index (Phi) is 7.86. The molecule has 2 N–H and O–H groups in total. The second-order valence-corrected chi connectivity index (χ2v) is 8.04. The van der Waals surface area contributed by atoms with Crippen molar-refractivity contribution in [3.8, 4) is 0 Å². The summed E-state index contributed by atoms with van der Waals surface area (Å²) in [6.45, 7) is 0. The van der Waals surface area contributed by atoms with Crippen LogP contribution in [0.3, 0.4) is 0 Å². The molecule has 0 saturated carbocycles. The topological polar surface area (TPSA) is 127 Å². The molecule has 0 aliphatic heterocycles. The van der Waals surface area contributed by atoms with Gasteiger partial charge in [-0.15, -0.1) is 0 Å². The van der Waals surface area contributed by atoms with Crippen LogP contribution >= 0.6 is 0 Å². The summed E-state index contributed by atoms with van der Waals surface area (Å²) in [5.74, 6) is -1.25. The number of amides is 1. The number of carbonyl (C=O) groups excluding carboxylic acids is 2. The van der Waals surface area contributed by atoms with Gasteiger partial charge in [-0.2, -0.15) is 0 Å². The van der Waals surface area contributed by atoms with Crippen LogP contribution in [-0.2, 0) is 9.59 Å². The Labute approximate surface area is 167 Å². The third-order valence-electron chi connectivity index (χ3n) is 3.70. The van der Waals surface area contributed by atoms with Gasteiger partial charge in [0.15, 0.2) is 0 Å². The number of aliphatic carboxylic acids is 1. The van der Waals surface area contributed by atoms with Gasteiger partial charge in [0.05, 0.1) is 0 Å². The molecule has 146 valence electrons. The number of Topliss-reactive ketones (excluding diaryl/α,β-unsaturated/α-hetero) is 1. The van der Waals surface area contributed by atoms with Crippen LogP contribution in [0.2, 0.25) is 5.32 Å². The number of carboxylic acid groups (broad SMARTS) is 1. The van der Waals surface area contributed by atoms with Gasteiger partial charge in [-0.3, -0.25) is 0 Å². The van der Waals surface area contributed by atoms with Crippen molar-refractivity contribution in [2.45, 2.75) is 24.6 Å². The Bertz CT molecular complexity index is 865. The molecule has 0 aliphatic rings. The number of hydrogen-bond acceptors (Lipinski definition) is 5. The molecule has 0 saturated heterocycles. The van der Waals surface area contributed by atoms with E-state index in [1.54, 1.807) is 12.1 Å². The first-order valence-electron chi connectivity index (χ1n) is 8.37. The van der Waals surface area contributed by atoms with E-state index in [0.717, 1.165) is 4.46 Å². The molecule has 0 unspecified atom stereocenters. The first-order valence-corrected chi connectivity index (χ1v) is 10.4. The van der Waals surface area contributed by atoms with Crippen LogP contribution in [0.15, 0.2) is 48.5 Å². The third kappa shape index (κ3) is 6.94. The molecular weight excluding hydrogens is 431 g/mol. The zero-order chi connectivity index (χ0) is 20.5. The molecule has 1 amide bonds. The number of nitrogens with one attached hydrogen (secondary N) is 1. The summed E-state index contributed by atoms with van der Waals surface area (Å²) in [5.41, 5.74) is 1.00. The van der Waals surface area contributed by atoms with Gasteiger partial charge in [0.2, 0.25) is 0 Å². The number of nitro groups is 1. The van der Waals surface area contributed by atoms with Crippen molar-refractivity contribution in [2.24, 2.45) is 0 Å². The van der Waals surface area contributed by atoms with E-state index in [-0.39, 0.29) is 51.6 Å². The average Bonchev–Trinajstić information content (AvgIpc) is 2.67. The summed E-state index contributed by atoms with van der Waals surface area (Å²) in [6.07, 6.45) is 0.381. The normalized spacial score (nSPS) is 10.3. The summed E-state index contributed by atoms with van der Waals surface area (Å²) in [4.78, 5) is 44.5. The Hall–Kier alpha value is -3.03. The van der Waals surface area contributed by atoms with Crippen molar-refractivity contribution in [3.05, 3.63) is 64.2 Å². The molecule has 28 heavy (non-hydrogen) atoms. The standard InChI is InChI=1S/C19H18N2O6Se/c22-17(13-4-8-15(9-5-13)21(26)27)12-28-16-10-6-14(7-11-16)20-18(23)2-1-3-19(24)25/h4-11H,1-3,12H2,(H,20,23)(H,24,25). The van der Waals surface area contributed by atoms with Gasteiger partial charge in [-0.1, -0.05) is 0 Å². The first-order chi connectivity index (χ1) is 13.3. The number of rotatable bonds is 10. The molecule has 2 aromatic rings. The van der Waals surface area contributed by atoms with Gasteiger partial charge < -0.3 is 0 Å². The minimum atomic E-state index is -0.928. The second kappa shape index (κ2) is 10.3. The fraction of sp³-hybridized carbons (Fsp3) is 0.211. The molecule has 2 rings (SSSR count). The molecule has 0 fully saturated rings. The molecular formula is C19H18N2O6Se. The van der Waals surface area contributed by atoms with E-state index >= 15 is 0 Å². The van der Waals surface area contributed by atoms with Gasteiger partial charge in [0, 0.05) is 0 Å². The van der Waals surface area contributed by atoms with Crippen LogP contribution in [-0.4, -0.2) is 42.6 Å². The number of nitro benzene ring substituents is 1. The van der Waals surface area contributed by atoms with Gasteiger partial charge in [0.25, 0.3) is 0 Å². The van der Waals surface area contributed by atoms with Gasteiger partial charge >= 0.3 is 167 Å². The van der Waals surface area contributed by atoms with Crippen molar-refractivity contribution in [2.75, 3.05) is 5.32 Å². The molecule has 9 heteroatoms. The summed E-state index contributed by atoms with van der Waals surface area (Å²) in [5, 5.41) is 22.2. The van der Waals surface area contributed by atoms with Crippen molar-refractivity contribution >= 4 is 48.5 Å². The molecule has 0 heterocycles. The van der Waals surface area contributed by atoms with Crippen molar-refractivity contribution in [3.63, 3.8) is 0 Å². The van der Waals surface area contributed by atoms with E-state index in [1.807, 2.05) is 12.1 Å². The number of benzene rings is 2. The average molecular weight is 449 g/mol. The van der Waals surface area contributed by atoms with Crippen molar-refractivity contribution in [1.29, 1.82) is 0 Å². The molecule has 0 aromatic heterocycles. The fourth-order valence-corrected chi connectivity index (χ4v) is 3.92. The van der Waals surface area contributed by atoms with E-state index < -0.39 is 10.9 Å². The summed E-state index contributed by atoms with van der Waals surface area (Å²) < 4.78 is 0.978. The number of nitrogens with zero attached hydrogens (tertiary/aromatic N) is 1. The predicted octanol–water partition coefficient (Wildman–Crippen LogP) is 2.42. The quantitative estimate of drug-likeness (QED) is 0.248. The van der Waals surface area contributed by atoms with Crippen molar-refractivity contribution < 1.29 is 24.4 Å². The van der Waals surface area contributed by atoms with E-state index in [4.69, 9.17) is 5.11 Å². The van der Waals surface area contributed by atoms with Gasteiger partial charge in [-0.05, 0) is 0 Å². The van der Waals surface area contributed by atoms with E-state index in [2.05, 4.69) is 5.32 Å². The Morgan fingerprint density at radius 2 is 1.64 bits per heavy atom. The van der Waals surface area contributed by atoms with Crippen LogP contribution in [0.1, 0.15) is 29.6 Å². The Morgan fingerprint density at radius 1 is 1.00 bits per heavy atom. The zero-order valence-corrected chi connectivity index (χ0v) is 16.5. The maximum absolute atomic E-state index is 12.2. The number of ketones is 1. The number of hydrogen-bond donors (Lipinski definition) is 2. The van der Waals surface area contributed by atoms with Crippen LogP contribution in [0, 0.1) is 10.1 Å². The van der Waals surface area contributed by atoms with E-state index in [1.165, 1.54) is 24.3 Å². The summed E-state index contributed by atoms with van der Waals surface area (Å²) >= 11 is -0.108. The van der Waals surface area contributed by atoms with Crippen LogP contribution in [0.5, 0.6) is 0 Å². The fourth-order valence-electron chi connectivity index (χ4n) is 2.26. The summed E-state index contributed by atoms with van der Waals surface area (Å²) in [6, 6.07) is 12.7. The number of anilines is 1. The first kappa shape index (κ1) is 21.3. The number of non-ortho nitro benzene ring substituents is 1. The van der Waals surface area contributed by atoms with Gasteiger partial charge in [-0.25, -0.2) is 0 Å². The molecule has 0 atom stereocenters. The van der Waals surface area contributed by atoms with Crippen LogP contribution < -0.4 is 9.78 Å². The van der Waals surface area contributed by atoms with Gasteiger partial charge in [0.1, 0.15) is 0 Å². The molecule has 0 spiro atoms. The Balaban J connectivity index is 1.81. The van der Waals surface area contributed by atoms with Crippen molar-refractivity contribution in [1.82, 2.24) is 0 Å². The molecule has 2 aromatic carbocycles.